The molecule has 0 radical (unpaired) electrons. The Morgan fingerprint density at radius 2 is 1.00 bits per heavy atom. The lowest BCUT2D eigenvalue weighted by atomic mass is 10.3. The van der Waals surface area contributed by atoms with Crippen molar-refractivity contribution in [1.82, 2.24) is 4.90 Å². The molecule has 1 heteroatoms. The van der Waals surface area contributed by atoms with Crippen molar-refractivity contribution in [2.75, 3.05) is 19.6 Å². The van der Waals surface area contributed by atoms with Crippen LogP contribution < -0.4 is 0 Å². The summed E-state index contributed by atoms with van der Waals surface area (Å²) in [6, 6.07) is 0. The van der Waals surface area contributed by atoms with Crippen LogP contribution in [0.2, 0.25) is 0 Å². The monoisotopic (exact) mass is 189 g/mol. The second kappa shape index (κ2) is 22.7. The van der Waals surface area contributed by atoms with Gasteiger partial charge in [0.25, 0.3) is 0 Å². The molecule has 0 heterocycles. The normalized spacial score (nSPS) is 8.31. The second-order valence-electron chi connectivity index (χ2n) is 2.43. The number of nitrogens with zero attached hydrogens (tertiary/aromatic N) is 1. The molecule has 0 rings (SSSR count). The van der Waals surface area contributed by atoms with Gasteiger partial charge in [-0.2, -0.15) is 0 Å². The van der Waals surface area contributed by atoms with Crippen molar-refractivity contribution in [1.29, 1.82) is 0 Å². The third-order valence-corrected chi connectivity index (χ3v) is 1.53. The topological polar surface area (TPSA) is 3.24 Å². The van der Waals surface area contributed by atoms with E-state index in [9.17, 15) is 0 Å². The maximum Gasteiger partial charge on any atom is -0.00215 e. The lowest BCUT2D eigenvalue weighted by Crippen LogP contribution is -2.24. The molecule has 0 saturated carbocycles. The van der Waals surface area contributed by atoms with Crippen LogP contribution in [0.1, 0.15) is 61.3 Å². The van der Waals surface area contributed by atoms with Crippen LogP contribution in [0.5, 0.6) is 0 Å². The highest BCUT2D eigenvalue weighted by Crippen LogP contribution is 1.91. The molecule has 0 aromatic rings. The summed E-state index contributed by atoms with van der Waals surface area (Å²) < 4.78 is 0. The Balaban J connectivity index is -0.000000218. The summed E-state index contributed by atoms with van der Waals surface area (Å²) in [7, 11) is 0. The predicted molar refractivity (Wildman–Crippen MR) is 65.4 cm³/mol. The molecule has 13 heavy (non-hydrogen) atoms. The largest absolute Gasteiger partial charge is 0.304 e. The van der Waals surface area contributed by atoms with E-state index in [4.69, 9.17) is 0 Å². The van der Waals surface area contributed by atoms with Crippen molar-refractivity contribution < 1.29 is 0 Å². The molecule has 0 aliphatic carbocycles. The quantitative estimate of drug-likeness (QED) is 0.627. The van der Waals surface area contributed by atoms with E-state index in [0.717, 1.165) is 0 Å². The van der Waals surface area contributed by atoms with Crippen molar-refractivity contribution in [2.24, 2.45) is 0 Å². The van der Waals surface area contributed by atoms with Crippen LogP contribution >= 0.6 is 0 Å². The summed E-state index contributed by atoms with van der Waals surface area (Å²) in [5, 5.41) is 0. The first-order valence-corrected chi connectivity index (χ1v) is 6.07. The van der Waals surface area contributed by atoms with Gasteiger partial charge in [0.15, 0.2) is 0 Å². The summed E-state index contributed by atoms with van der Waals surface area (Å²) >= 11 is 0. The van der Waals surface area contributed by atoms with Gasteiger partial charge in [-0.1, -0.05) is 48.5 Å². The van der Waals surface area contributed by atoms with Gasteiger partial charge in [0.1, 0.15) is 0 Å². The molecule has 84 valence electrons. The average molecular weight is 189 g/mol. The molecule has 0 N–H and O–H groups in total. The second-order valence-corrected chi connectivity index (χ2v) is 2.43. The van der Waals surface area contributed by atoms with Gasteiger partial charge in [-0.15, -0.1) is 0 Å². The van der Waals surface area contributed by atoms with E-state index in [-0.39, 0.29) is 0 Å². The third-order valence-electron chi connectivity index (χ3n) is 1.53. The number of rotatable bonds is 5. The summed E-state index contributed by atoms with van der Waals surface area (Å²) in [5.41, 5.74) is 0. The molecule has 0 saturated heterocycles. The van der Waals surface area contributed by atoms with Gasteiger partial charge < -0.3 is 4.90 Å². The molecule has 0 amide bonds. The highest BCUT2D eigenvalue weighted by atomic mass is 15.1. The summed E-state index contributed by atoms with van der Waals surface area (Å²) in [5.74, 6) is 0. The van der Waals surface area contributed by atoms with Gasteiger partial charge in [-0.05, 0) is 32.5 Å². The van der Waals surface area contributed by atoms with E-state index in [1.165, 1.54) is 32.5 Å². The fourth-order valence-corrected chi connectivity index (χ4v) is 1.06. The van der Waals surface area contributed by atoms with E-state index in [2.05, 4.69) is 25.7 Å². The van der Waals surface area contributed by atoms with Gasteiger partial charge in [-0.25, -0.2) is 0 Å². The van der Waals surface area contributed by atoms with Gasteiger partial charge >= 0.3 is 0 Å². The fraction of sp³-hybridized carbons (Fsp3) is 1.00. The smallest absolute Gasteiger partial charge is 0.00215 e. The van der Waals surface area contributed by atoms with E-state index >= 15 is 0 Å². The van der Waals surface area contributed by atoms with Crippen LogP contribution in [0.25, 0.3) is 0 Å². The molecule has 0 aromatic carbocycles. The Kier molecular flexibility index (Phi) is 32.6. The van der Waals surface area contributed by atoms with Crippen LogP contribution in [0.3, 0.4) is 0 Å². The Hall–Kier alpha value is -0.0400. The van der Waals surface area contributed by atoms with Crippen molar-refractivity contribution in [3.8, 4) is 0 Å². The van der Waals surface area contributed by atoms with Gasteiger partial charge in [-0.3, -0.25) is 0 Å². The molecular weight excluding hydrogens is 158 g/mol. The van der Waals surface area contributed by atoms with E-state index < -0.39 is 0 Å². The fourth-order valence-electron chi connectivity index (χ4n) is 1.06. The predicted octanol–water partition coefficient (Wildman–Crippen LogP) is 4.18. The highest BCUT2D eigenvalue weighted by Gasteiger charge is 1.95. The number of hydrogen-bond acceptors (Lipinski definition) is 1. The Morgan fingerprint density at radius 3 is 1.15 bits per heavy atom. The van der Waals surface area contributed by atoms with E-state index in [1.807, 2.05) is 27.7 Å². The Labute approximate surface area is 86.5 Å². The first-order chi connectivity index (χ1) is 6.35. The SMILES string of the molecule is CC.CC.CCCN(CC)CCC. The van der Waals surface area contributed by atoms with Crippen LogP contribution in [0.4, 0.5) is 0 Å². The Bertz CT molecular complexity index is 47.1. The third kappa shape index (κ3) is 18.7. The van der Waals surface area contributed by atoms with Crippen molar-refractivity contribution in [2.45, 2.75) is 61.3 Å². The minimum absolute atomic E-state index is 1.21. The van der Waals surface area contributed by atoms with Crippen LogP contribution in [0.15, 0.2) is 0 Å². The zero-order valence-corrected chi connectivity index (χ0v) is 11.0. The molecule has 0 aliphatic rings. The molecule has 0 bridgehead atoms. The van der Waals surface area contributed by atoms with Crippen molar-refractivity contribution in [3.05, 3.63) is 0 Å². The molecule has 1 nitrogen and oxygen atoms in total. The molecule has 0 aromatic heterocycles. The van der Waals surface area contributed by atoms with E-state index in [0.29, 0.717) is 0 Å². The molecule has 0 fully saturated rings. The zero-order chi connectivity index (χ0) is 11.1. The summed E-state index contributed by atoms with van der Waals surface area (Å²) in [6.45, 7) is 18.4. The van der Waals surface area contributed by atoms with Gasteiger partial charge in [0, 0.05) is 0 Å². The maximum atomic E-state index is 2.49. The van der Waals surface area contributed by atoms with Gasteiger partial charge in [0.2, 0.25) is 0 Å². The molecule has 0 spiro atoms. The minimum atomic E-state index is 1.21. The van der Waals surface area contributed by atoms with Gasteiger partial charge in [0.05, 0.1) is 0 Å². The highest BCUT2D eigenvalue weighted by molar-refractivity contribution is 4.50. The molecule has 0 aliphatic heterocycles. The van der Waals surface area contributed by atoms with Crippen molar-refractivity contribution >= 4 is 0 Å². The van der Waals surface area contributed by atoms with E-state index in [1.54, 1.807) is 0 Å². The lowest BCUT2D eigenvalue weighted by Gasteiger charge is -2.17. The standard InChI is InChI=1S/C8H19N.2C2H6/c1-4-7-9(6-3)8-5-2;2*1-2/h4-8H2,1-3H3;2*1-2H3. The molecule has 0 atom stereocenters. The van der Waals surface area contributed by atoms with Crippen LogP contribution in [-0.4, -0.2) is 24.5 Å². The number of hydrogen-bond donors (Lipinski definition) is 0. The maximum absolute atomic E-state index is 2.49. The molecular formula is C12H31N. The first kappa shape index (κ1) is 18.7. The molecule has 0 unspecified atom stereocenters. The van der Waals surface area contributed by atoms with Crippen LogP contribution in [-0.2, 0) is 0 Å². The minimum Gasteiger partial charge on any atom is -0.304 e. The Morgan fingerprint density at radius 1 is 0.692 bits per heavy atom. The lowest BCUT2D eigenvalue weighted by molar-refractivity contribution is 0.289. The summed E-state index contributed by atoms with van der Waals surface area (Å²) in [6.07, 6.45) is 2.57. The van der Waals surface area contributed by atoms with Crippen molar-refractivity contribution in [3.63, 3.8) is 0 Å². The average Bonchev–Trinajstić information content (AvgIpc) is 2.23. The zero-order valence-electron chi connectivity index (χ0n) is 11.0. The summed E-state index contributed by atoms with van der Waals surface area (Å²) in [4.78, 5) is 2.49. The van der Waals surface area contributed by atoms with Crippen LogP contribution in [0, 0.1) is 0 Å². The first-order valence-electron chi connectivity index (χ1n) is 6.07.